The summed E-state index contributed by atoms with van der Waals surface area (Å²) in [7, 11) is 0. The van der Waals surface area contributed by atoms with Crippen molar-refractivity contribution >= 4 is 11.3 Å². The maximum Gasteiger partial charge on any atom is 0.217 e. The Morgan fingerprint density at radius 1 is 0.730 bits per heavy atom. The van der Waals surface area contributed by atoms with Crippen molar-refractivity contribution in [3.05, 3.63) is 117 Å². The van der Waals surface area contributed by atoms with Crippen LogP contribution in [0, 0.1) is 6.92 Å². The van der Waals surface area contributed by atoms with E-state index in [1.165, 1.54) is 66.5 Å². The summed E-state index contributed by atoms with van der Waals surface area (Å²) in [5.74, 6) is 0. The van der Waals surface area contributed by atoms with E-state index in [2.05, 4.69) is 95.3 Å². The number of nitrogens with zero attached hydrogens (tertiary/aromatic N) is 2. The van der Waals surface area contributed by atoms with Gasteiger partial charge in [0.1, 0.15) is 6.54 Å². The Labute approximate surface area is 223 Å². The summed E-state index contributed by atoms with van der Waals surface area (Å²) in [5, 5.41) is 0. The summed E-state index contributed by atoms with van der Waals surface area (Å²) in [4.78, 5) is 5.92. The molecule has 2 aromatic heterocycles. The van der Waals surface area contributed by atoms with Crippen LogP contribution < -0.4 is 4.57 Å². The Morgan fingerprint density at radius 3 is 1.92 bits per heavy atom. The summed E-state index contributed by atoms with van der Waals surface area (Å²) < 4.78 is 2.71. The molecule has 0 radical (unpaired) electrons. The number of rotatable bonds is 5. The average molecular weight is 500 g/mol. The molecule has 0 fully saturated rings. The van der Waals surface area contributed by atoms with Gasteiger partial charge in [0.15, 0.2) is 0 Å². The molecule has 182 valence electrons. The standard InChI is InChI=1S/C34H31N2S/c1-23-31(37-22-35-23)16-9-21-36-33-27-14-7-5-10-24(27)17-19-29(33)32(26-12-3-2-4-13-26)30-20-18-25-11-6-8-15-28(25)34(30)36/h2-8,10-15,22H,9,16-21H2,1H3/q+1. The number of pyridine rings is 1. The Hall–Kier alpha value is -3.56. The van der Waals surface area contributed by atoms with Crippen molar-refractivity contribution in [2.75, 3.05) is 0 Å². The molecule has 7 rings (SSSR count). The number of aromatic nitrogens is 2. The number of benzene rings is 3. The van der Waals surface area contributed by atoms with Gasteiger partial charge in [-0.2, -0.15) is 4.57 Å². The topological polar surface area (TPSA) is 16.8 Å². The molecule has 2 aliphatic carbocycles. The van der Waals surface area contributed by atoms with E-state index in [1.807, 2.05) is 5.51 Å². The minimum absolute atomic E-state index is 1.01. The zero-order valence-corrected chi connectivity index (χ0v) is 22.2. The van der Waals surface area contributed by atoms with Gasteiger partial charge in [0, 0.05) is 39.1 Å². The van der Waals surface area contributed by atoms with Gasteiger partial charge in [0.25, 0.3) is 0 Å². The second kappa shape index (κ2) is 9.39. The van der Waals surface area contributed by atoms with Crippen molar-refractivity contribution in [2.45, 2.75) is 52.0 Å². The van der Waals surface area contributed by atoms with Gasteiger partial charge in [-0.15, -0.1) is 11.3 Å². The Balaban J connectivity index is 1.50. The lowest BCUT2D eigenvalue weighted by Crippen LogP contribution is -2.43. The van der Waals surface area contributed by atoms with Crippen molar-refractivity contribution in [3.8, 4) is 33.6 Å². The zero-order chi connectivity index (χ0) is 24.8. The highest BCUT2D eigenvalue weighted by atomic mass is 32.1. The SMILES string of the molecule is Cc1ncsc1CCC[n+]1c2c(c(-c3ccccc3)c3c1-c1ccccc1CC3)CCc1ccccc1-2. The van der Waals surface area contributed by atoms with Crippen LogP contribution in [0.2, 0.25) is 0 Å². The van der Waals surface area contributed by atoms with Crippen LogP contribution in [0.1, 0.15) is 39.2 Å². The third-order valence-corrected chi connectivity index (χ3v) is 9.24. The maximum absolute atomic E-state index is 4.50. The number of aryl methyl sites for hydroxylation is 4. The van der Waals surface area contributed by atoms with Crippen LogP contribution in [0.5, 0.6) is 0 Å². The van der Waals surface area contributed by atoms with Gasteiger partial charge in [-0.05, 0) is 67.9 Å². The highest BCUT2D eigenvalue weighted by molar-refractivity contribution is 7.09. The maximum atomic E-state index is 4.50. The lowest BCUT2D eigenvalue weighted by Gasteiger charge is -2.28. The fourth-order valence-corrected chi connectivity index (χ4v) is 7.38. The largest absolute Gasteiger partial charge is 0.250 e. The quantitative estimate of drug-likeness (QED) is 0.228. The van der Waals surface area contributed by atoms with E-state index < -0.39 is 0 Å². The molecule has 37 heavy (non-hydrogen) atoms. The molecule has 3 heteroatoms. The van der Waals surface area contributed by atoms with Crippen molar-refractivity contribution in [2.24, 2.45) is 0 Å². The molecule has 0 saturated heterocycles. The van der Waals surface area contributed by atoms with Crippen LogP contribution in [-0.4, -0.2) is 4.98 Å². The molecule has 0 spiro atoms. The molecule has 2 aliphatic rings. The van der Waals surface area contributed by atoms with Crippen LogP contribution in [-0.2, 0) is 38.6 Å². The summed E-state index contributed by atoms with van der Waals surface area (Å²) in [6.07, 6.45) is 6.61. The van der Waals surface area contributed by atoms with Crippen LogP contribution in [0.4, 0.5) is 0 Å². The Kier molecular flexibility index (Phi) is 5.74. The van der Waals surface area contributed by atoms with E-state index in [9.17, 15) is 0 Å². The number of fused-ring (bicyclic) bond motifs is 6. The van der Waals surface area contributed by atoms with Crippen molar-refractivity contribution in [1.29, 1.82) is 0 Å². The van der Waals surface area contributed by atoms with Crippen LogP contribution in [0.25, 0.3) is 33.6 Å². The van der Waals surface area contributed by atoms with Crippen LogP contribution in [0.3, 0.4) is 0 Å². The highest BCUT2D eigenvalue weighted by Gasteiger charge is 2.37. The Morgan fingerprint density at radius 2 is 1.32 bits per heavy atom. The molecule has 0 bridgehead atoms. The third-order valence-electron chi connectivity index (χ3n) is 8.24. The third kappa shape index (κ3) is 3.84. The highest BCUT2D eigenvalue weighted by Crippen LogP contribution is 2.44. The first kappa shape index (κ1) is 22.6. The summed E-state index contributed by atoms with van der Waals surface area (Å²) >= 11 is 1.80. The summed E-state index contributed by atoms with van der Waals surface area (Å²) in [6.45, 7) is 3.16. The fraction of sp³-hybridized carbons (Fsp3) is 0.235. The number of hydrogen-bond acceptors (Lipinski definition) is 2. The van der Waals surface area contributed by atoms with E-state index in [0.717, 1.165) is 45.1 Å². The second-order valence-corrected chi connectivity index (χ2v) is 11.3. The molecule has 2 nitrogen and oxygen atoms in total. The molecule has 0 atom stereocenters. The van der Waals surface area contributed by atoms with Gasteiger partial charge in [-0.25, -0.2) is 4.98 Å². The lowest BCUT2D eigenvalue weighted by molar-refractivity contribution is -0.676. The van der Waals surface area contributed by atoms with E-state index in [-0.39, 0.29) is 0 Å². The first-order valence-electron chi connectivity index (χ1n) is 13.5. The molecular weight excluding hydrogens is 468 g/mol. The molecule has 0 aliphatic heterocycles. The minimum Gasteiger partial charge on any atom is -0.250 e. The van der Waals surface area contributed by atoms with Gasteiger partial charge in [0.05, 0.1) is 11.2 Å². The predicted octanol–water partition coefficient (Wildman–Crippen LogP) is 7.57. The van der Waals surface area contributed by atoms with Crippen molar-refractivity contribution in [1.82, 2.24) is 4.98 Å². The smallest absolute Gasteiger partial charge is 0.217 e. The first-order chi connectivity index (χ1) is 18.3. The molecule has 0 amide bonds. The fourth-order valence-electron chi connectivity index (χ4n) is 6.56. The van der Waals surface area contributed by atoms with E-state index in [4.69, 9.17) is 0 Å². The van der Waals surface area contributed by atoms with Gasteiger partial charge in [-0.3, -0.25) is 0 Å². The monoisotopic (exact) mass is 499 g/mol. The van der Waals surface area contributed by atoms with Gasteiger partial charge < -0.3 is 0 Å². The van der Waals surface area contributed by atoms with Crippen LogP contribution >= 0.6 is 11.3 Å². The lowest BCUT2D eigenvalue weighted by atomic mass is 9.77. The number of hydrogen-bond donors (Lipinski definition) is 0. The molecular formula is C34H31N2S+. The van der Waals surface area contributed by atoms with E-state index in [0.29, 0.717) is 0 Å². The average Bonchev–Trinajstić information content (AvgIpc) is 3.37. The van der Waals surface area contributed by atoms with E-state index >= 15 is 0 Å². The molecule has 5 aromatic rings. The van der Waals surface area contributed by atoms with Crippen LogP contribution in [0.15, 0.2) is 84.4 Å². The van der Waals surface area contributed by atoms with Crippen molar-refractivity contribution < 1.29 is 4.57 Å². The zero-order valence-electron chi connectivity index (χ0n) is 21.3. The number of thiazole rings is 1. The molecule has 0 unspecified atom stereocenters. The molecule has 0 N–H and O–H groups in total. The minimum atomic E-state index is 1.01. The first-order valence-corrected chi connectivity index (χ1v) is 14.4. The summed E-state index contributed by atoms with van der Waals surface area (Å²) in [5.41, 5.74) is 17.8. The van der Waals surface area contributed by atoms with Gasteiger partial charge >= 0.3 is 0 Å². The predicted molar refractivity (Wildman–Crippen MR) is 153 cm³/mol. The molecule has 0 saturated carbocycles. The molecule has 3 aromatic carbocycles. The van der Waals surface area contributed by atoms with E-state index in [1.54, 1.807) is 11.3 Å². The summed E-state index contributed by atoms with van der Waals surface area (Å²) in [6, 6.07) is 29.4. The van der Waals surface area contributed by atoms with Gasteiger partial charge in [-0.1, -0.05) is 66.7 Å². The van der Waals surface area contributed by atoms with Crippen molar-refractivity contribution in [3.63, 3.8) is 0 Å². The normalized spacial score (nSPS) is 13.4. The second-order valence-electron chi connectivity index (χ2n) is 10.3. The van der Waals surface area contributed by atoms with Gasteiger partial charge in [0.2, 0.25) is 11.4 Å². The Bertz CT molecular complexity index is 1540. The molecule has 2 heterocycles.